The van der Waals surface area contributed by atoms with Crippen molar-refractivity contribution in [1.82, 2.24) is 5.32 Å². The molecule has 0 aliphatic rings. The number of hydrogen-bond donors (Lipinski definition) is 3. The van der Waals surface area contributed by atoms with E-state index in [4.69, 9.17) is 5.73 Å². The van der Waals surface area contributed by atoms with Crippen LogP contribution in [0.1, 0.15) is 24.9 Å². The molecule has 0 saturated carbocycles. The molecule has 2 amide bonds. The molecule has 0 aliphatic carbocycles. The summed E-state index contributed by atoms with van der Waals surface area (Å²) in [7, 11) is 1.55. The van der Waals surface area contributed by atoms with Crippen LogP contribution < -0.4 is 16.4 Å². The Labute approximate surface area is 120 Å². The van der Waals surface area contributed by atoms with Gasteiger partial charge < -0.3 is 16.4 Å². The van der Waals surface area contributed by atoms with E-state index in [1.54, 1.807) is 37.4 Å². The Morgan fingerprint density at radius 2 is 1.90 bits per heavy atom. The fraction of sp³-hybridized carbons (Fsp3) is 0.143. The van der Waals surface area contributed by atoms with Gasteiger partial charge in [0.1, 0.15) is 0 Å². The highest BCUT2D eigenvalue weighted by molar-refractivity contribution is 7.14. The minimum Gasteiger partial charge on any atom is -0.398 e. The number of thiophene rings is 1. The predicted octanol–water partition coefficient (Wildman–Crippen LogP) is 2.25. The number of nitrogen functional groups attached to an aromatic ring is 1. The van der Waals surface area contributed by atoms with Crippen LogP contribution >= 0.6 is 11.3 Å². The molecule has 0 spiro atoms. The molecule has 6 heteroatoms. The van der Waals surface area contributed by atoms with Crippen molar-refractivity contribution < 1.29 is 9.59 Å². The zero-order valence-corrected chi connectivity index (χ0v) is 12.0. The summed E-state index contributed by atoms with van der Waals surface area (Å²) >= 11 is 1.32. The van der Waals surface area contributed by atoms with Crippen molar-refractivity contribution in [3.8, 4) is 0 Å². The Bertz CT molecular complexity index is 645. The molecule has 0 atom stereocenters. The minimum atomic E-state index is -0.272. The first-order valence-electron chi connectivity index (χ1n) is 6.01. The fourth-order valence-electron chi connectivity index (χ4n) is 1.72. The van der Waals surface area contributed by atoms with E-state index in [1.807, 2.05) is 6.92 Å². The van der Waals surface area contributed by atoms with Gasteiger partial charge in [-0.2, -0.15) is 0 Å². The molecule has 0 radical (unpaired) electrons. The quantitative estimate of drug-likeness (QED) is 0.810. The number of para-hydroxylation sites is 1. The van der Waals surface area contributed by atoms with Gasteiger partial charge in [0.15, 0.2) is 0 Å². The van der Waals surface area contributed by atoms with Crippen LogP contribution in [0, 0.1) is 6.92 Å². The molecule has 0 aliphatic heterocycles. The standard InChI is InChI=1S/C14H15N3O2S/c1-8-10(15)7-12(20-8)14(19)17-11-6-4-3-5-9(11)13(18)16-2/h3-7H,15H2,1-2H3,(H,16,18)(H,17,19). The SMILES string of the molecule is CNC(=O)c1ccccc1NC(=O)c1cc(N)c(C)s1. The van der Waals surface area contributed by atoms with Crippen molar-refractivity contribution in [3.63, 3.8) is 0 Å². The van der Waals surface area contributed by atoms with Gasteiger partial charge in [0.05, 0.1) is 16.1 Å². The number of rotatable bonds is 3. The second-order valence-electron chi connectivity index (χ2n) is 4.20. The molecular weight excluding hydrogens is 274 g/mol. The van der Waals surface area contributed by atoms with Crippen molar-refractivity contribution in [1.29, 1.82) is 0 Å². The van der Waals surface area contributed by atoms with E-state index in [0.717, 1.165) is 4.88 Å². The summed E-state index contributed by atoms with van der Waals surface area (Å²) in [5.41, 5.74) is 7.23. The van der Waals surface area contributed by atoms with E-state index >= 15 is 0 Å². The highest BCUT2D eigenvalue weighted by Gasteiger charge is 2.15. The van der Waals surface area contributed by atoms with Crippen LogP contribution in [-0.2, 0) is 0 Å². The summed E-state index contributed by atoms with van der Waals surface area (Å²) in [5, 5.41) is 5.28. The second-order valence-corrected chi connectivity index (χ2v) is 5.46. The zero-order chi connectivity index (χ0) is 14.7. The Morgan fingerprint density at radius 1 is 1.20 bits per heavy atom. The topological polar surface area (TPSA) is 84.2 Å². The summed E-state index contributed by atoms with van der Waals surface area (Å²) < 4.78 is 0. The molecule has 20 heavy (non-hydrogen) atoms. The smallest absolute Gasteiger partial charge is 0.265 e. The number of aryl methyl sites for hydroxylation is 1. The molecule has 2 rings (SSSR count). The lowest BCUT2D eigenvalue weighted by Gasteiger charge is -2.09. The maximum atomic E-state index is 12.2. The Balaban J connectivity index is 2.26. The van der Waals surface area contributed by atoms with Crippen LogP contribution in [0.2, 0.25) is 0 Å². The van der Waals surface area contributed by atoms with Gasteiger partial charge >= 0.3 is 0 Å². The van der Waals surface area contributed by atoms with Gasteiger partial charge in [-0.15, -0.1) is 11.3 Å². The Hall–Kier alpha value is -2.34. The summed E-state index contributed by atoms with van der Waals surface area (Å²) in [6, 6.07) is 8.48. The van der Waals surface area contributed by atoms with Crippen molar-refractivity contribution in [2.24, 2.45) is 0 Å². The molecule has 0 saturated heterocycles. The molecule has 4 N–H and O–H groups in total. The number of carbonyl (C=O) groups excluding carboxylic acids is 2. The van der Waals surface area contributed by atoms with Gasteiger partial charge in [-0.1, -0.05) is 12.1 Å². The van der Waals surface area contributed by atoms with E-state index < -0.39 is 0 Å². The number of anilines is 2. The maximum absolute atomic E-state index is 12.2. The van der Waals surface area contributed by atoms with Crippen LogP contribution in [0.15, 0.2) is 30.3 Å². The third kappa shape index (κ3) is 2.80. The lowest BCUT2D eigenvalue weighted by atomic mass is 10.1. The largest absolute Gasteiger partial charge is 0.398 e. The van der Waals surface area contributed by atoms with Gasteiger partial charge in [-0.25, -0.2) is 0 Å². The number of amides is 2. The third-order valence-corrected chi connectivity index (χ3v) is 3.89. The average Bonchev–Trinajstić information content (AvgIpc) is 2.78. The molecule has 1 heterocycles. The molecule has 1 aromatic heterocycles. The van der Waals surface area contributed by atoms with Gasteiger partial charge in [0.2, 0.25) is 0 Å². The molecule has 2 aromatic rings. The summed E-state index contributed by atoms with van der Waals surface area (Å²) in [6.07, 6.45) is 0. The molecule has 1 aromatic carbocycles. The fourth-order valence-corrected chi connectivity index (χ4v) is 2.55. The van der Waals surface area contributed by atoms with Gasteiger partial charge in [-0.05, 0) is 25.1 Å². The van der Waals surface area contributed by atoms with Crippen molar-refractivity contribution >= 4 is 34.5 Å². The third-order valence-electron chi connectivity index (χ3n) is 2.83. The first-order chi connectivity index (χ1) is 9.52. The minimum absolute atomic E-state index is 0.247. The van der Waals surface area contributed by atoms with Crippen LogP contribution in [-0.4, -0.2) is 18.9 Å². The molecule has 5 nitrogen and oxygen atoms in total. The van der Waals surface area contributed by atoms with Crippen LogP contribution in [0.3, 0.4) is 0 Å². The summed E-state index contributed by atoms with van der Waals surface area (Å²) in [5.74, 6) is -0.520. The number of nitrogens with one attached hydrogen (secondary N) is 2. The Morgan fingerprint density at radius 3 is 2.50 bits per heavy atom. The van der Waals surface area contributed by atoms with Gasteiger partial charge in [0, 0.05) is 17.6 Å². The maximum Gasteiger partial charge on any atom is 0.265 e. The normalized spacial score (nSPS) is 10.1. The zero-order valence-electron chi connectivity index (χ0n) is 11.2. The molecule has 0 bridgehead atoms. The average molecular weight is 289 g/mol. The first kappa shape index (κ1) is 14.1. The number of nitrogens with two attached hydrogens (primary N) is 1. The molecule has 0 unspecified atom stereocenters. The summed E-state index contributed by atoms with van der Waals surface area (Å²) in [4.78, 5) is 25.3. The molecule has 104 valence electrons. The van der Waals surface area contributed by atoms with Crippen LogP contribution in [0.4, 0.5) is 11.4 Å². The number of hydrogen-bond acceptors (Lipinski definition) is 4. The number of benzene rings is 1. The molecular formula is C14H15N3O2S. The van der Waals surface area contributed by atoms with E-state index in [2.05, 4.69) is 10.6 Å². The van der Waals surface area contributed by atoms with E-state index in [9.17, 15) is 9.59 Å². The monoisotopic (exact) mass is 289 g/mol. The van der Waals surface area contributed by atoms with E-state index in [1.165, 1.54) is 11.3 Å². The number of carbonyl (C=O) groups is 2. The van der Waals surface area contributed by atoms with Gasteiger partial charge in [0.25, 0.3) is 11.8 Å². The van der Waals surface area contributed by atoms with Crippen molar-refractivity contribution in [2.75, 3.05) is 18.1 Å². The van der Waals surface area contributed by atoms with E-state index in [0.29, 0.717) is 21.8 Å². The van der Waals surface area contributed by atoms with Crippen molar-refractivity contribution in [2.45, 2.75) is 6.92 Å². The summed E-state index contributed by atoms with van der Waals surface area (Å²) in [6.45, 7) is 1.86. The second kappa shape index (κ2) is 5.75. The van der Waals surface area contributed by atoms with Crippen molar-refractivity contribution in [3.05, 3.63) is 45.6 Å². The molecule has 0 fully saturated rings. The Kier molecular flexibility index (Phi) is 4.05. The lowest BCUT2D eigenvalue weighted by Crippen LogP contribution is -2.21. The highest BCUT2D eigenvalue weighted by atomic mass is 32.1. The predicted molar refractivity (Wildman–Crippen MR) is 81.3 cm³/mol. The lowest BCUT2D eigenvalue weighted by molar-refractivity contribution is 0.0964. The highest BCUT2D eigenvalue weighted by Crippen LogP contribution is 2.25. The van der Waals surface area contributed by atoms with E-state index in [-0.39, 0.29) is 11.8 Å². The van der Waals surface area contributed by atoms with Gasteiger partial charge in [-0.3, -0.25) is 9.59 Å². The van der Waals surface area contributed by atoms with Crippen LogP contribution in [0.5, 0.6) is 0 Å². The van der Waals surface area contributed by atoms with Crippen LogP contribution in [0.25, 0.3) is 0 Å². The first-order valence-corrected chi connectivity index (χ1v) is 6.83.